The lowest BCUT2D eigenvalue weighted by atomic mass is 10.0. The Hall–Kier alpha value is -2.09. The SMILES string of the molecule is NC(=NC(=S)Nc1ccc(N2CCC(N3CCCC3)CC2)cc1)SCc1ccccc1. The predicted molar refractivity (Wildman–Crippen MR) is 138 cm³/mol. The quantitative estimate of drug-likeness (QED) is 0.389. The first-order chi connectivity index (χ1) is 15.2. The molecule has 0 bridgehead atoms. The molecule has 0 radical (unpaired) electrons. The monoisotopic (exact) mass is 453 g/mol. The highest BCUT2D eigenvalue weighted by molar-refractivity contribution is 8.13. The molecule has 31 heavy (non-hydrogen) atoms. The van der Waals surface area contributed by atoms with E-state index in [-0.39, 0.29) is 0 Å². The van der Waals surface area contributed by atoms with Crippen molar-refractivity contribution < 1.29 is 0 Å². The van der Waals surface area contributed by atoms with Crippen LogP contribution in [0, 0.1) is 0 Å². The van der Waals surface area contributed by atoms with Gasteiger partial charge < -0.3 is 20.9 Å². The summed E-state index contributed by atoms with van der Waals surface area (Å²) in [5.74, 6) is 0.780. The Balaban J connectivity index is 1.24. The van der Waals surface area contributed by atoms with Crippen LogP contribution in [0.5, 0.6) is 0 Å². The maximum atomic E-state index is 6.03. The first-order valence-corrected chi connectivity index (χ1v) is 12.5. The summed E-state index contributed by atoms with van der Waals surface area (Å²) in [7, 11) is 0. The standard InChI is InChI=1S/C24H31N5S2/c25-23(31-18-19-6-2-1-3-7-19)27-24(30)26-20-8-10-21(11-9-20)29-16-12-22(13-17-29)28-14-4-5-15-28/h1-3,6-11,22H,4-5,12-18H2,(H3,25,26,27,30). The van der Waals surface area contributed by atoms with Crippen LogP contribution in [0.25, 0.3) is 0 Å². The van der Waals surface area contributed by atoms with Crippen molar-refractivity contribution in [3.63, 3.8) is 0 Å². The van der Waals surface area contributed by atoms with E-state index >= 15 is 0 Å². The van der Waals surface area contributed by atoms with Crippen molar-refractivity contribution in [1.82, 2.24) is 4.90 Å². The molecule has 164 valence electrons. The van der Waals surface area contributed by atoms with Crippen molar-refractivity contribution in [2.45, 2.75) is 37.5 Å². The molecular weight excluding hydrogens is 422 g/mol. The zero-order chi connectivity index (χ0) is 21.5. The maximum absolute atomic E-state index is 6.03. The number of hydrogen-bond donors (Lipinski definition) is 2. The predicted octanol–water partition coefficient (Wildman–Crippen LogP) is 4.70. The lowest BCUT2D eigenvalue weighted by Crippen LogP contribution is -2.43. The molecular formula is C24H31N5S2. The number of nitrogens with two attached hydrogens (primary N) is 1. The third kappa shape index (κ3) is 6.45. The number of likely N-dealkylation sites (tertiary alicyclic amines) is 1. The number of piperidine rings is 1. The van der Waals surface area contributed by atoms with Crippen molar-refractivity contribution in [2.24, 2.45) is 10.7 Å². The van der Waals surface area contributed by atoms with E-state index in [0.29, 0.717) is 10.3 Å². The van der Waals surface area contributed by atoms with Crippen molar-refractivity contribution in [1.29, 1.82) is 0 Å². The van der Waals surface area contributed by atoms with Crippen LogP contribution in [0.2, 0.25) is 0 Å². The normalized spacial score (nSPS) is 18.3. The lowest BCUT2D eigenvalue weighted by Gasteiger charge is -2.37. The summed E-state index contributed by atoms with van der Waals surface area (Å²) in [5.41, 5.74) is 9.45. The smallest absolute Gasteiger partial charge is 0.199 e. The van der Waals surface area contributed by atoms with Gasteiger partial charge in [0.05, 0.1) is 0 Å². The minimum absolute atomic E-state index is 0.386. The summed E-state index contributed by atoms with van der Waals surface area (Å²) in [5, 5.41) is 4.03. The second-order valence-corrected chi connectivity index (χ2v) is 9.54. The molecule has 0 atom stereocenters. The zero-order valence-corrected chi connectivity index (χ0v) is 19.5. The highest BCUT2D eigenvalue weighted by atomic mass is 32.2. The highest BCUT2D eigenvalue weighted by Gasteiger charge is 2.26. The molecule has 0 spiro atoms. The van der Waals surface area contributed by atoms with E-state index in [1.165, 1.54) is 61.8 Å². The van der Waals surface area contributed by atoms with Gasteiger partial charge in [0.2, 0.25) is 0 Å². The number of nitrogens with one attached hydrogen (secondary N) is 1. The van der Waals surface area contributed by atoms with Crippen molar-refractivity contribution >= 4 is 45.6 Å². The largest absolute Gasteiger partial charge is 0.378 e. The van der Waals surface area contributed by atoms with Crippen molar-refractivity contribution in [3.8, 4) is 0 Å². The van der Waals surface area contributed by atoms with Gasteiger partial charge >= 0.3 is 0 Å². The summed E-state index contributed by atoms with van der Waals surface area (Å²) in [6, 6.07) is 19.4. The topological polar surface area (TPSA) is 56.9 Å². The van der Waals surface area contributed by atoms with E-state index in [0.717, 1.165) is 30.6 Å². The molecule has 7 heteroatoms. The van der Waals surface area contributed by atoms with E-state index in [4.69, 9.17) is 18.0 Å². The van der Waals surface area contributed by atoms with Gasteiger partial charge in [-0.25, -0.2) is 0 Å². The van der Waals surface area contributed by atoms with Gasteiger partial charge in [0, 0.05) is 36.3 Å². The van der Waals surface area contributed by atoms with Gasteiger partial charge in [-0.1, -0.05) is 42.1 Å². The fourth-order valence-corrected chi connectivity index (χ4v) is 5.30. The number of thiocarbonyl (C=S) groups is 1. The van der Waals surface area contributed by atoms with Crippen LogP contribution in [-0.4, -0.2) is 47.4 Å². The van der Waals surface area contributed by atoms with Crippen LogP contribution in [-0.2, 0) is 5.75 Å². The van der Waals surface area contributed by atoms with Crippen molar-refractivity contribution in [3.05, 3.63) is 60.2 Å². The van der Waals surface area contributed by atoms with Gasteiger partial charge in [-0.3, -0.25) is 0 Å². The fraction of sp³-hybridized carbons (Fsp3) is 0.417. The van der Waals surface area contributed by atoms with Gasteiger partial charge in [-0.05, 0) is 80.8 Å². The Morgan fingerprint density at radius 3 is 2.35 bits per heavy atom. The summed E-state index contributed by atoms with van der Waals surface area (Å²) >= 11 is 6.85. The van der Waals surface area contributed by atoms with Crippen LogP contribution in [0.4, 0.5) is 11.4 Å². The molecule has 2 aliphatic heterocycles. The molecule has 0 amide bonds. The molecule has 2 aliphatic rings. The average Bonchev–Trinajstić information content (AvgIpc) is 3.34. The number of benzene rings is 2. The van der Waals surface area contributed by atoms with Crippen LogP contribution in [0.15, 0.2) is 59.6 Å². The summed E-state index contributed by atoms with van der Waals surface area (Å²) in [6.45, 7) is 4.85. The summed E-state index contributed by atoms with van der Waals surface area (Å²) in [6.07, 6.45) is 5.27. The molecule has 0 aromatic heterocycles. The number of aliphatic imine (C=N–C) groups is 1. The number of rotatable bonds is 5. The van der Waals surface area contributed by atoms with Gasteiger partial charge in [0.15, 0.2) is 10.3 Å². The van der Waals surface area contributed by atoms with Gasteiger partial charge in [-0.15, -0.1) is 0 Å². The van der Waals surface area contributed by atoms with E-state index < -0.39 is 0 Å². The van der Waals surface area contributed by atoms with Crippen molar-refractivity contribution in [2.75, 3.05) is 36.4 Å². The Kier molecular flexibility index (Phi) is 7.83. The molecule has 0 unspecified atom stereocenters. The summed E-state index contributed by atoms with van der Waals surface area (Å²) in [4.78, 5) is 9.49. The van der Waals surface area contributed by atoms with Gasteiger partial charge in [0.25, 0.3) is 0 Å². The second kappa shape index (κ2) is 11.0. The molecule has 0 aliphatic carbocycles. The van der Waals surface area contributed by atoms with Crippen LogP contribution in [0.3, 0.4) is 0 Å². The van der Waals surface area contributed by atoms with E-state index in [1.807, 2.05) is 18.2 Å². The Bertz CT molecular complexity index is 871. The zero-order valence-electron chi connectivity index (χ0n) is 17.9. The average molecular weight is 454 g/mol. The van der Waals surface area contributed by atoms with Gasteiger partial charge in [0.1, 0.15) is 0 Å². The van der Waals surface area contributed by atoms with Gasteiger partial charge in [-0.2, -0.15) is 4.99 Å². The maximum Gasteiger partial charge on any atom is 0.199 e. The molecule has 2 aromatic carbocycles. The molecule has 2 aromatic rings. The lowest BCUT2D eigenvalue weighted by molar-refractivity contribution is 0.208. The number of thioether (sulfide) groups is 1. The Morgan fingerprint density at radius 2 is 1.68 bits per heavy atom. The Labute approximate surface area is 195 Å². The first-order valence-electron chi connectivity index (χ1n) is 11.1. The van der Waals surface area contributed by atoms with E-state index in [9.17, 15) is 0 Å². The highest BCUT2D eigenvalue weighted by Crippen LogP contribution is 2.26. The molecule has 4 rings (SSSR count). The summed E-state index contributed by atoms with van der Waals surface area (Å²) < 4.78 is 0. The minimum Gasteiger partial charge on any atom is -0.378 e. The van der Waals surface area contributed by atoms with Crippen LogP contribution >= 0.6 is 24.0 Å². The molecule has 5 nitrogen and oxygen atoms in total. The third-order valence-electron chi connectivity index (χ3n) is 6.05. The fourth-order valence-electron chi connectivity index (χ4n) is 4.37. The van der Waals surface area contributed by atoms with Crippen LogP contribution < -0.4 is 16.0 Å². The number of nitrogens with zero attached hydrogens (tertiary/aromatic N) is 3. The Morgan fingerprint density at radius 1 is 1.00 bits per heavy atom. The second-order valence-electron chi connectivity index (χ2n) is 8.16. The number of hydrogen-bond acceptors (Lipinski definition) is 4. The first kappa shape index (κ1) is 22.1. The van der Waals surface area contributed by atoms with E-state index in [2.05, 4.69) is 56.5 Å². The van der Waals surface area contributed by atoms with Crippen LogP contribution in [0.1, 0.15) is 31.2 Å². The molecule has 2 heterocycles. The third-order valence-corrected chi connectivity index (χ3v) is 7.10. The minimum atomic E-state index is 0.386. The number of anilines is 2. The molecule has 2 saturated heterocycles. The molecule has 3 N–H and O–H groups in total. The van der Waals surface area contributed by atoms with E-state index in [1.54, 1.807) is 0 Å². The molecule has 2 fully saturated rings. The number of amidine groups is 1. The molecule has 0 saturated carbocycles.